The average Bonchev–Trinajstić information content (AvgIpc) is 2.82. The predicted octanol–water partition coefficient (Wildman–Crippen LogP) is 2.70. The Morgan fingerprint density at radius 1 is 1.31 bits per heavy atom. The van der Waals surface area contributed by atoms with Gasteiger partial charge in [0, 0.05) is 5.02 Å². The van der Waals surface area contributed by atoms with Gasteiger partial charge < -0.3 is 10.1 Å². The van der Waals surface area contributed by atoms with Gasteiger partial charge in [-0.3, -0.25) is 15.0 Å². The standard InChI is InChI=1S/C18H22ClN3O4/c1-11-10-13(19)6-7-14(11)26-12(2)15(23)21-22-16(24)18(20-17(22)25)8-4-3-5-9-18/h6-7,10,12H,3-5,8-9H2,1-2H3,(H,20,25)(H,21,23)/t12-/m0/s1. The van der Waals surface area contributed by atoms with Crippen LogP contribution in [0.1, 0.15) is 44.6 Å². The van der Waals surface area contributed by atoms with E-state index >= 15 is 0 Å². The maximum Gasteiger partial charge on any atom is 0.344 e. The molecule has 2 N–H and O–H groups in total. The number of nitrogens with one attached hydrogen (secondary N) is 2. The number of imide groups is 1. The molecule has 1 aromatic carbocycles. The summed E-state index contributed by atoms with van der Waals surface area (Å²) < 4.78 is 5.64. The van der Waals surface area contributed by atoms with Gasteiger partial charge in [-0.15, -0.1) is 0 Å². The molecule has 1 saturated carbocycles. The van der Waals surface area contributed by atoms with Crippen molar-refractivity contribution in [3.8, 4) is 5.75 Å². The van der Waals surface area contributed by atoms with E-state index in [1.807, 2.05) is 6.92 Å². The van der Waals surface area contributed by atoms with Crippen LogP contribution in [0, 0.1) is 6.92 Å². The van der Waals surface area contributed by atoms with Crippen molar-refractivity contribution in [1.82, 2.24) is 15.8 Å². The Hall–Kier alpha value is -2.28. The minimum atomic E-state index is -0.890. The monoisotopic (exact) mass is 379 g/mol. The van der Waals surface area contributed by atoms with Gasteiger partial charge in [0.05, 0.1) is 0 Å². The third-order valence-corrected chi connectivity index (χ3v) is 5.14. The molecule has 1 aliphatic carbocycles. The zero-order valence-corrected chi connectivity index (χ0v) is 15.6. The highest BCUT2D eigenvalue weighted by molar-refractivity contribution is 6.30. The second-order valence-corrected chi connectivity index (χ2v) is 7.30. The normalized spacial score (nSPS) is 20.0. The number of carbonyl (C=O) groups excluding carboxylic acids is 3. The van der Waals surface area contributed by atoms with Crippen LogP contribution in [0.3, 0.4) is 0 Å². The number of hydrazine groups is 1. The first-order chi connectivity index (χ1) is 12.3. The summed E-state index contributed by atoms with van der Waals surface area (Å²) in [7, 11) is 0. The summed E-state index contributed by atoms with van der Waals surface area (Å²) in [6, 6.07) is 4.47. The minimum Gasteiger partial charge on any atom is -0.481 e. The van der Waals surface area contributed by atoms with E-state index in [0.717, 1.165) is 29.8 Å². The lowest BCUT2D eigenvalue weighted by molar-refractivity contribution is -0.142. The Balaban J connectivity index is 1.65. The van der Waals surface area contributed by atoms with E-state index in [1.165, 1.54) is 0 Å². The highest BCUT2D eigenvalue weighted by Gasteiger charge is 2.52. The van der Waals surface area contributed by atoms with E-state index in [0.29, 0.717) is 23.6 Å². The van der Waals surface area contributed by atoms with Crippen LogP contribution >= 0.6 is 11.6 Å². The molecule has 2 fully saturated rings. The molecule has 0 aromatic heterocycles. The van der Waals surface area contributed by atoms with E-state index < -0.39 is 29.5 Å². The SMILES string of the molecule is Cc1cc(Cl)ccc1O[C@@H](C)C(=O)NN1C(=O)NC2(CCCCC2)C1=O. The van der Waals surface area contributed by atoms with Gasteiger partial charge in [-0.1, -0.05) is 30.9 Å². The summed E-state index contributed by atoms with van der Waals surface area (Å²) in [4.78, 5) is 37.3. The van der Waals surface area contributed by atoms with Gasteiger partial charge in [0.2, 0.25) is 0 Å². The van der Waals surface area contributed by atoms with E-state index in [1.54, 1.807) is 25.1 Å². The number of hydrogen-bond donors (Lipinski definition) is 2. The third-order valence-electron chi connectivity index (χ3n) is 4.90. The summed E-state index contributed by atoms with van der Waals surface area (Å²) >= 11 is 5.91. The molecule has 1 spiro atoms. The average molecular weight is 380 g/mol. The summed E-state index contributed by atoms with van der Waals surface area (Å²) in [5.74, 6) is -0.459. The largest absolute Gasteiger partial charge is 0.481 e. The van der Waals surface area contributed by atoms with Crippen molar-refractivity contribution < 1.29 is 19.1 Å². The highest BCUT2D eigenvalue weighted by atomic mass is 35.5. The Bertz CT molecular complexity index is 746. The van der Waals surface area contributed by atoms with E-state index in [-0.39, 0.29) is 0 Å². The number of hydrogen-bond acceptors (Lipinski definition) is 4. The first kappa shape index (κ1) is 18.5. The maximum atomic E-state index is 12.7. The van der Waals surface area contributed by atoms with Crippen molar-refractivity contribution in [3.63, 3.8) is 0 Å². The van der Waals surface area contributed by atoms with Crippen LogP contribution in [-0.2, 0) is 9.59 Å². The van der Waals surface area contributed by atoms with Gasteiger partial charge in [0.1, 0.15) is 11.3 Å². The van der Waals surface area contributed by atoms with Gasteiger partial charge in [0.25, 0.3) is 11.8 Å². The molecule has 1 aromatic rings. The fourth-order valence-corrected chi connectivity index (χ4v) is 3.63. The van der Waals surface area contributed by atoms with Crippen LogP contribution in [0.25, 0.3) is 0 Å². The lowest BCUT2D eigenvalue weighted by Gasteiger charge is -2.30. The Kier molecular flexibility index (Phi) is 5.09. The molecular formula is C18H22ClN3O4. The molecule has 26 heavy (non-hydrogen) atoms. The Morgan fingerprint density at radius 2 is 2.00 bits per heavy atom. The van der Waals surface area contributed by atoms with Crippen LogP contribution in [0.15, 0.2) is 18.2 Å². The topological polar surface area (TPSA) is 87.7 Å². The third kappa shape index (κ3) is 3.49. The molecule has 1 atom stereocenters. The second-order valence-electron chi connectivity index (χ2n) is 6.86. The molecule has 1 heterocycles. The number of ether oxygens (including phenoxy) is 1. The molecule has 0 radical (unpaired) electrons. The van der Waals surface area contributed by atoms with Crippen LogP contribution in [0.4, 0.5) is 4.79 Å². The molecule has 4 amide bonds. The molecule has 2 aliphatic rings. The van der Waals surface area contributed by atoms with E-state index in [9.17, 15) is 14.4 Å². The lowest BCUT2D eigenvalue weighted by Crippen LogP contribution is -2.53. The molecule has 3 rings (SSSR count). The number of amides is 4. The fourth-order valence-electron chi connectivity index (χ4n) is 3.41. The summed E-state index contributed by atoms with van der Waals surface area (Å²) in [5.41, 5.74) is 2.29. The van der Waals surface area contributed by atoms with Crippen molar-refractivity contribution in [2.24, 2.45) is 0 Å². The van der Waals surface area contributed by atoms with Crippen LogP contribution in [-0.4, -0.2) is 34.5 Å². The molecule has 7 nitrogen and oxygen atoms in total. The van der Waals surface area contributed by atoms with Gasteiger partial charge in [-0.2, -0.15) is 5.01 Å². The van der Waals surface area contributed by atoms with Crippen LogP contribution in [0.5, 0.6) is 5.75 Å². The number of aryl methyl sites for hydroxylation is 1. The summed E-state index contributed by atoms with van der Waals surface area (Å²) in [6.45, 7) is 3.37. The Morgan fingerprint density at radius 3 is 2.65 bits per heavy atom. The number of nitrogens with zero attached hydrogens (tertiary/aromatic N) is 1. The number of carbonyl (C=O) groups is 3. The quantitative estimate of drug-likeness (QED) is 0.787. The van der Waals surface area contributed by atoms with Gasteiger partial charge in [-0.25, -0.2) is 4.79 Å². The lowest BCUT2D eigenvalue weighted by atomic mass is 9.82. The van der Waals surface area contributed by atoms with Crippen molar-refractivity contribution in [3.05, 3.63) is 28.8 Å². The van der Waals surface area contributed by atoms with Crippen molar-refractivity contribution in [2.45, 2.75) is 57.6 Å². The van der Waals surface area contributed by atoms with Gasteiger partial charge in [-0.05, 0) is 50.5 Å². The highest BCUT2D eigenvalue weighted by Crippen LogP contribution is 2.33. The number of halogens is 1. The summed E-state index contributed by atoms with van der Waals surface area (Å²) in [6.07, 6.45) is 3.10. The molecule has 8 heteroatoms. The predicted molar refractivity (Wildman–Crippen MR) is 95.6 cm³/mol. The fraction of sp³-hybridized carbons (Fsp3) is 0.500. The second kappa shape index (κ2) is 7.15. The zero-order valence-electron chi connectivity index (χ0n) is 14.8. The zero-order chi connectivity index (χ0) is 18.9. The Labute approximate surface area is 157 Å². The smallest absolute Gasteiger partial charge is 0.344 e. The van der Waals surface area contributed by atoms with Gasteiger partial charge in [0.15, 0.2) is 6.10 Å². The first-order valence-electron chi connectivity index (χ1n) is 8.72. The van der Waals surface area contributed by atoms with Crippen molar-refractivity contribution in [1.29, 1.82) is 0 Å². The molecule has 0 unspecified atom stereocenters. The first-order valence-corrected chi connectivity index (χ1v) is 9.10. The number of urea groups is 1. The minimum absolute atomic E-state index is 0.398. The van der Waals surface area contributed by atoms with Crippen LogP contribution < -0.4 is 15.5 Å². The number of benzene rings is 1. The van der Waals surface area contributed by atoms with E-state index in [4.69, 9.17) is 16.3 Å². The molecular weight excluding hydrogens is 358 g/mol. The van der Waals surface area contributed by atoms with E-state index in [2.05, 4.69) is 10.7 Å². The molecule has 140 valence electrons. The molecule has 0 bridgehead atoms. The molecule has 1 saturated heterocycles. The van der Waals surface area contributed by atoms with Crippen LogP contribution in [0.2, 0.25) is 5.02 Å². The van der Waals surface area contributed by atoms with Crippen molar-refractivity contribution in [2.75, 3.05) is 0 Å². The number of rotatable bonds is 4. The van der Waals surface area contributed by atoms with Crippen molar-refractivity contribution >= 4 is 29.4 Å². The summed E-state index contributed by atoms with van der Waals surface area (Å²) in [5, 5.41) is 4.10. The maximum absolute atomic E-state index is 12.7. The molecule has 1 aliphatic heterocycles. The van der Waals surface area contributed by atoms with Gasteiger partial charge >= 0.3 is 6.03 Å².